The third-order valence-electron chi connectivity index (χ3n) is 6.07. The Labute approximate surface area is 198 Å². The number of amides is 2. The maximum Gasteiger partial charge on any atom is 0.235 e. The maximum absolute atomic E-state index is 13.1. The average molecular weight is 464 g/mol. The Morgan fingerprint density at radius 2 is 1.55 bits per heavy atom. The van der Waals surface area contributed by atoms with Crippen molar-refractivity contribution in [1.82, 2.24) is 19.7 Å². The Morgan fingerprint density at radius 1 is 0.970 bits per heavy atom. The smallest absolute Gasteiger partial charge is 0.235 e. The van der Waals surface area contributed by atoms with Crippen LogP contribution in [-0.2, 0) is 9.59 Å². The largest absolute Gasteiger partial charge is 0.369 e. The number of hydrogen-bond acceptors (Lipinski definition) is 5. The van der Waals surface area contributed by atoms with Gasteiger partial charge in [0, 0.05) is 30.3 Å². The van der Waals surface area contributed by atoms with E-state index in [1.165, 1.54) is 22.9 Å². The number of nitrogens with zero attached hydrogens (tertiary/aromatic N) is 4. The lowest BCUT2D eigenvalue weighted by molar-refractivity contribution is -0.134. The summed E-state index contributed by atoms with van der Waals surface area (Å²) in [6.45, 7) is 7.10. The maximum atomic E-state index is 13.1. The highest BCUT2D eigenvalue weighted by molar-refractivity contribution is 8.00. The summed E-state index contributed by atoms with van der Waals surface area (Å²) in [6.07, 6.45) is 1.24. The lowest BCUT2D eigenvalue weighted by Gasteiger charge is -2.32. The molecule has 0 aliphatic carbocycles. The highest BCUT2D eigenvalue weighted by Crippen LogP contribution is 2.31. The van der Waals surface area contributed by atoms with E-state index in [4.69, 9.17) is 5.73 Å². The first-order valence-electron chi connectivity index (χ1n) is 11.2. The van der Waals surface area contributed by atoms with E-state index in [0.29, 0.717) is 31.1 Å². The molecule has 1 aliphatic heterocycles. The molecule has 1 fully saturated rings. The van der Waals surface area contributed by atoms with Gasteiger partial charge in [-0.2, -0.15) is 0 Å². The first-order chi connectivity index (χ1) is 15.8. The standard InChI is InChI=1S/C25H29N5O2S/c1-16-4-8-20(9-5-16)23-27-28-25(30(23)21-10-6-17(2)7-11-21)33-18(3)24(32)29-14-12-19(13-15-29)22(26)31/h4-11,18-19H,12-15H2,1-3H3,(H2,26,31). The van der Waals surface area contributed by atoms with Crippen molar-refractivity contribution >= 4 is 23.6 Å². The number of nitrogens with two attached hydrogens (primary N) is 1. The molecule has 2 aromatic carbocycles. The van der Waals surface area contributed by atoms with Gasteiger partial charge < -0.3 is 10.6 Å². The number of aryl methyl sites for hydroxylation is 2. The lowest BCUT2D eigenvalue weighted by atomic mass is 9.96. The molecule has 2 amide bonds. The van der Waals surface area contributed by atoms with Crippen LogP contribution in [0.5, 0.6) is 0 Å². The molecule has 2 N–H and O–H groups in total. The molecule has 0 bridgehead atoms. The lowest BCUT2D eigenvalue weighted by Crippen LogP contribution is -2.44. The number of benzene rings is 2. The molecule has 0 radical (unpaired) electrons. The van der Waals surface area contributed by atoms with Crippen LogP contribution in [0, 0.1) is 19.8 Å². The molecule has 1 unspecified atom stereocenters. The second-order valence-electron chi connectivity index (χ2n) is 8.61. The molecule has 1 atom stereocenters. The Morgan fingerprint density at radius 3 is 2.12 bits per heavy atom. The van der Waals surface area contributed by atoms with Crippen LogP contribution >= 0.6 is 11.8 Å². The second kappa shape index (κ2) is 9.79. The summed E-state index contributed by atoms with van der Waals surface area (Å²) in [6, 6.07) is 16.4. The van der Waals surface area contributed by atoms with E-state index in [0.717, 1.165) is 17.1 Å². The molecule has 7 nitrogen and oxygen atoms in total. The van der Waals surface area contributed by atoms with Crippen LogP contribution < -0.4 is 5.73 Å². The fourth-order valence-corrected chi connectivity index (χ4v) is 4.96. The normalized spacial score (nSPS) is 15.4. The summed E-state index contributed by atoms with van der Waals surface area (Å²) in [5, 5.41) is 9.28. The number of thioether (sulfide) groups is 1. The quantitative estimate of drug-likeness (QED) is 0.562. The predicted octanol–water partition coefficient (Wildman–Crippen LogP) is 3.76. The molecular weight excluding hydrogens is 434 g/mol. The fraction of sp³-hybridized carbons (Fsp3) is 0.360. The molecular formula is C25H29N5O2S. The molecule has 4 rings (SSSR count). The Bertz CT molecular complexity index is 1130. The van der Waals surface area contributed by atoms with Crippen LogP contribution in [0.4, 0.5) is 0 Å². The van der Waals surface area contributed by atoms with Gasteiger partial charge in [0.2, 0.25) is 11.8 Å². The number of hydrogen-bond donors (Lipinski definition) is 1. The zero-order valence-corrected chi connectivity index (χ0v) is 20.0. The number of likely N-dealkylation sites (tertiary alicyclic amines) is 1. The van der Waals surface area contributed by atoms with Crippen molar-refractivity contribution in [3.05, 3.63) is 59.7 Å². The Balaban J connectivity index is 1.59. The number of primary amides is 1. The van der Waals surface area contributed by atoms with Crippen LogP contribution in [-0.4, -0.2) is 49.8 Å². The van der Waals surface area contributed by atoms with Gasteiger partial charge in [0.15, 0.2) is 11.0 Å². The van der Waals surface area contributed by atoms with Crippen molar-refractivity contribution in [3.63, 3.8) is 0 Å². The van der Waals surface area contributed by atoms with Gasteiger partial charge in [-0.1, -0.05) is 59.3 Å². The van der Waals surface area contributed by atoms with E-state index >= 15 is 0 Å². The van der Waals surface area contributed by atoms with Gasteiger partial charge in [-0.25, -0.2) is 0 Å². The first kappa shape index (κ1) is 23.0. The zero-order chi connectivity index (χ0) is 23.5. The van der Waals surface area contributed by atoms with E-state index in [9.17, 15) is 9.59 Å². The summed E-state index contributed by atoms with van der Waals surface area (Å²) in [4.78, 5) is 26.4. The van der Waals surface area contributed by atoms with E-state index in [1.54, 1.807) is 0 Å². The summed E-state index contributed by atoms with van der Waals surface area (Å²) in [5.74, 6) is 0.361. The minimum Gasteiger partial charge on any atom is -0.369 e. The van der Waals surface area contributed by atoms with E-state index in [-0.39, 0.29) is 23.0 Å². The van der Waals surface area contributed by atoms with E-state index in [1.807, 2.05) is 40.7 Å². The second-order valence-corrected chi connectivity index (χ2v) is 9.91. The summed E-state index contributed by atoms with van der Waals surface area (Å²) >= 11 is 1.40. The summed E-state index contributed by atoms with van der Waals surface area (Å²) in [5.41, 5.74) is 9.68. The number of carbonyl (C=O) groups is 2. The molecule has 0 saturated carbocycles. The third kappa shape index (κ3) is 5.11. The van der Waals surface area contributed by atoms with Crippen LogP contribution in [0.15, 0.2) is 53.7 Å². The monoisotopic (exact) mass is 463 g/mol. The van der Waals surface area contributed by atoms with Crippen molar-refractivity contribution in [2.24, 2.45) is 11.7 Å². The first-order valence-corrected chi connectivity index (χ1v) is 12.1. The minimum absolute atomic E-state index is 0.0401. The summed E-state index contributed by atoms with van der Waals surface area (Å²) in [7, 11) is 0. The van der Waals surface area contributed by atoms with Crippen LogP contribution in [0.2, 0.25) is 0 Å². The topological polar surface area (TPSA) is 94.1 Å². The third-order valence-corrected chi connectivity index (χ3v) is 7.10. The van der Waals surface area contributed by atoms with Gasteiger partial charge >= 0.3 is 0 Å². The fourth-order valence-electron chi connectivity index (χ4n) is 4.01. The van der Waals surface area contributed by atoms with Gasteiger partial charge in [0.1, 0.15) is 0 Å². The molecule has 0 spiro atoms. The van der Waals surface area contributed by atoms with Crippen molar-refractivity contribution < 1.29 is 9.59 Å². The highest BCUT2D eigenvalue weighted by atomic mass is 32.2. The molecule has 1 saturated heterocycles. The number of aromatic nitrogens is 3. The van der Waals surface area contributed by atoms with Gasteiger partial charge in [-0.3, -0.25) is 14.2 Å². The zero-order valence-electron chi connectivity index (χ0n) is 19.2. The van der Waals surface area contributed by atoms with Gasteiger partial charge in [-0.05, 0) is 45.7 Å². The Hall–Kier alpha value is -3.13. The highest BCUT2D eigenvalue weighted by Gasteiger charge is 2.30. The number of piperidine rings is 1. The van der Waals surface area contributed by atoms with Gasteiger partial charge in [0.25, 0.3) is 0 Å². The minimum atomic E-state index is -0.339. The Kier molecular flexibility index (Phi) is 6.83. The number of carbonyl (C=O) groups excluding carboxylic acids is 2. The molecule has 8 heteroatoms. The van der Waals surface area contributed by atoms with Crippen molar-refractivity contribution in [3.8, 4) is 17.1 Å². The van der Waals surface area contributed by atoms with Crippen LogP contribution in [0.25, 0.3) is 17.1 Å². The molecule has 3 aromatic rings. The van der Waals surface area contributed by atoms with Gasteiger partial charge in [-0.15, -0.1) is 10.2 Å². The molecule has 172 valence electrons. The van der Waals surface area contributed by atoms with E-state index in [2.05, 4.69) is 48.3 Å². The SMILES string of the molecule is Cc1ccc(-c2nnc(SC(C)C(=O)N3CCC(C(N)=O)CC3)n2-c2ccc(C)cc2)cc1. The molecule has 33 heavy (non-hydrogen) atoms. The van der Waals surface area contributed by atoms with Crippen molar-refractivity contribution in [2.45, 2.75) is 44.0 Å². The van der Waals surface area contributed by atoms with E-state index < -0.39 is 0 Å². The van der Waals surface area contributed by atoms with Crippen molar-refractivity contribution in [2.75, 3.05) is 13.1 Å². The van der Waals surface area contributed by atoms with Crippen LogP contribution in [0.1, 0.15) is 30.9 Å². The molecule has 2 heterocycles. The molecule has 1 aromatic heterocycles. The number of rotatable bonds is 6. The average Bonchev–Trinajstić information content (AvgIpc) is 3.23. The van der Waals surface area contributed by atoms with Crippen LogP contribution in [0.3, 0.4) is 0 Å². The predicted molar refractivity (Wildman–Crippen MR) is 130 cm³/mol. The van der Waals surface area contributed by atoms with Crippen molar-refractivity contribution in [1.29, 1.82) is 0 Å². The summed E-state index contributed by atoms with van der Waals surface area (Å²) < 4.78 is 2.01. The molecule has 1 aliphatic rings. The van der Waals surface area contributed by atoms with Gasteiger partial charge in [0.05, 0.1) is 5.25 Å².